The summed E-state index contributed by atoms with van der Waals surface area (Å²) in [5.41, 5.74) is 0.284. The van der Waals surface area contributed by atoms with Crippen molar-refractivity contribution >= 4 is 5.97 Å². The van der Waals surface area contributed by atoms with Gasteiger partial charge in [-0.15, -0.1) is 0 Å². The van der Waals surface area contributed by atoms with Crippen LogP contribution in [0.3, 0.4) is 0 Å². The summed E-state index contributed by atoms with van der Waals surface area (Å²) < 4.78 is 10.4. The molecule has 1 unspecified atom stereocenters. The van der Waals surface area contributed by atoms with Gasteiger partial charge in [-0.3, -0.25) is 4.79 Å². The molecule has 2 rings (SSSR count). The van der Waals surface area contributed by atoms with E-state index in [2.05, 4.69) is 0 Å². The number of hydrogen-bond acceptors (Lipinski definition) is 4. The smallest absolute Gasteiger partial charge is 0.313 e. The number of furan rings is 1. The van der Waals surface area contributed by atoms with Gasteiger partial charge in [0.15, 0.2) is 0 Å². The van der Waals surface area contributed by atoms with Gasteiger partial charge in [0.1, 0.15) is 5.41 Å². The largest absolute Gasteiger partial charge is 0.481 e. The minimum Gasteiger partial charge on any atom is -0.481 e. The van der Waals surface area contributed by atoms with Crippen LogP contribution in [0.5, 0.6) is 0 Å². The van der Waals surface area contributed by atoms with Gasteiger partial charge in [0, 0.05) is 25.3 Å². The van der Waals surface area contributed by atoms with E-state index >= 15 is 0 Å². The van der Waals surface area contributed by atoms with Gasteiger partial charge in [0.2, 0.25) is 0 Å². The van der Waals surface area contributed by atoms with Crippen LogP contribution in [-0.4, -0.2) is 42.8 Å². The molecule has 1 aliphatic heterocycles. The molecule has 0 amide bonds. The molecule has 1 N–H and O–H groups in total. The third-order valence-electron chi connectivity index (χ3n) is 3.38. The lowest BCUT2D eigenvalue weighted by Gasteiger charge is -2.36. The molecule has 1 fully saturated rings. The van der Waals surface area contributed by atoms with Gasteiger partial charge < -0.3 is 19.2 Å². The highest BCUT2D eigenvalue weighted by Gasteiger charge is 2.41. The third-order valence-corrected chi connectivity index (χ3v) is 3.38. The van der Waals surface area contributed by atoms with Crippen LogP contribution < -0.4 is 0 Å². The van der Waals surface area contributed by atoms with Crippen molar-refractivity contribution in [3.05, 3.63) is 24.2 Å². The van der Waals surface area contributed by atoms with E-state index in [1.807, 2.05) is 18.0 Å². The number of carboxylic acid groups (broad SMARTS) is 1. The van der Waals surface area contributed by atoms with Gasteiger partial charge in [0.25, 0.3) is 0 Å². The summed E-state index contributed by atoms with van der Waals surface area (Å²) >= 11 is 0. The molecule has 18 heavy (non-hydrogen) atoms. The van der Waals surface area contributed by atoms with E-state index in [0.717, 1.165) is 12.0 Å². The minimum absolute atomic E-state index is 0.304. The first kappa shape index (κ1) is 13.1. The lowest BCUT2D eigenvalue weighted by atomic mass is 9.82. The molecule has 0 radical (unpaired) electrons. The maximum atomic E-state index is 11.5. The summed E-state index contributed by atoms with van der Waals surface area (Å²) in [5.74, 6) is -0.763. The lowest BCUT2D eigenvalue weighted by Crippen LogP contribution is -2.47. The molecule has 1 aromatic rings. The zero-order valence-electron chi connectivity index (χ0n) is 10.6. The normalized spacial score (nSPS) is 24.3. The Balaban J connectivity index is 1.98. The molecular formula is C13H19NO4. The Kier molecular flexibility index (Phi) is 4.04. The molecule has 0 spiro atoms. The Morgan fingerprint density at radius 2 is 2.44 bits per heavy atom. The Hall–Kier alpha value is -1.33. The summed E-state index contributed by atoms with van der Waals surface area (Å²) in [4.78, 5) is 13.5. The zero-order chi connectivity index (χ0) is 13.0. The highest BCUT2D eigenvalue weighted by atomic mass is 16.5. The van der Waals surface area contributed by atoms with Crippen molar-refractivity contribution < 1.29 is 19.1 Å². The molecular weight excluding hydrogens is 234 g/mol. The van der Waals surface area contributed by atoms with Crippen LogP contribution in [0, 0.1) is 5.41 Å². The maximum Gasteiger partial charge on any atom is 0.313 e. The Morgan fingerprint density at radius 3 is 3.00 bits per heavy atom. The van der Waals surface area contributed by atoms with E-state index in [9.17, 15) is 9.90 Å². The fraction of sp³-hybridized carbons (Fsp3) is 0.615. The second kappa shape index (κ2) is 5.54. The zero-order valence-corrected chi connectivity index (χ0v) is 10.6. The van der Waals surface area contributed by atoms with Gasteiger partial charge in [-0.25, -0.2) is 0 Å². The highest BCUT2D eigenvalue weighted by Crippen LogP contribution is 2.30. The first-order valence-electron chi connectivity index (χ1n) is 6.13. The van der Waals surface area contributed by atoms with Crippen LogP contribution in [0.4, 0.5) is 0 Å². The Morgan fingerprint density at radius 1 is 1.61 bits per heavy atom. The fourth-order valence-corrected chi connectivity index (χ4v) is 2.48. The molecule has 5 heteroatoms. The van der Waals surface area contributed by atoms with Crippen LogP contribution in [0.2, 0.25) is 0 Å². The number of aliphatic carboxylic acids is 1. The molecule has 0 bridgehead atoms. The Labute approximate surface area is 106 Å². The molecule has 1 aliphatic rings. The number of nitrogens with zero attached hydrogens (tertiary/aromatic N) is 1. The van der Waals surface area contributed by atoms with Crippen molar-refractivity contribution in [2.45, 2.75) is 19.4 Å². The number of rotatable bonds is 5. The van der Waals surface area contributed by atoms with Crippen molar-refractivity contribution in [2.24, 2.45) is 5.41 Å². The standard InChI is InChI=1S/C13H19NO4/c1-14(7-11-3-6-17-8-11)9-13(12(15)16)4-2-5-18-10-13/h3,6,8H,2,4-5,7,9-10H2,1H3,(H,15,16). The number of hydrogen-bond donors (Lipinski definition) is 1. The number of carbonyl (C=O) groups is 1. The van der Waals surface area contributed by atoms with Gasteiger partial charge in [0.05, 0.1) is 19.1 Å². The maximum absolute atomic E-state index is 11.5. The predicted molar refractivity (Wildman–Crippen MR) is 65.2 cm³/mol. The first-order chi connectivity index (χ1) is 8.62. The summed E-state index contributed by atoms with van der Waals surface area (Å²) in [6.07, 6.45) is 4.80. The van der Waals surface area contributed by atoms with E-state index < -0.39 is 11.4 Å². The van der Waals surface area contributed by atoms with Gasteiger partial charge >= 0.3 is 5.97 Å². The van der Waals surface area contributed by atoms with Crippen LogP contribution >= 0.6 is 0 Å². The lowest BCUT2D eigenvalue weighted by molar-refractivity contribution is -0.159. The van der Waals surface area contributed by atoms with Crippen molar-refractivity contribution in [3.8, 4) is 0 Å². The molecule has 0 aromatic carbocycles. The topological polar surface area (TPSA) is 62.9 Å². The van der Waals surface area contributed by atoms with Crippen LogP contribution in [0.25, 0.3) is 0 Å². The Bertz CT molecular complexity index is 382. The SMILES string of the molecule is CN(Cc1ccoc1)CC1(C(=O)O)CCCOC1. The van der Waals surface area contributed by atoms with E-state index in [0.29, 0.717) is 32.7 Å². The molecule has 1 saturated heterocycles. The number of carboxylic acids is 1. The monoisotopic (exact) mass is 253 g/mol. The second-order valence-electron chi connectivity index (χ2n) is 5.05. The molecule has 0 aliphatic carbocycles. The number of ether oxygens (including phenoxy) is 1. The third kappa shape index (κ3) is 2.91. The van der Waals surface area contributed by atoms with Crippen molar-refractivity contribution in [3.63, 3.8) is 0 Å². The predicted octanol–water partition coefficient (Wildman–Crippen LogP) is 1.59. The van der Waals surface area contributed by atoms with Crippen molar-refractivity contribution in [2.75, 3.05) is 26.8 Å². The molecule has 2 heterocycles. The average Bonchev–Trinajstić information content (AvgIpc) is 2.82. The molecule has 5 nitrogen and oxygen atoms in total. The average molecular weight is 253 g/mol. The van der Waals surface area contributed by atoms with Crippen LogP contribution in [0.1, 0.15) is 18.4 Å². The fourth-order valence-electron chi connectivity index (χ4n) is 2.48. The molecule has 0 saturated carbocycles. The van der Waals surface area contributed by atoms with E-state index in [4.69, 9.17) is 9.15 Å². The van der Waals surface area contributed by atoms with Crippen molar-refractivity contribution in [1.82, 2.24) is 4.90 Å². The van der Waals surface area contributed by atoms with Crippen LogP contribution in [0.15, 0.2) is 23.0 Å². The van der Waals surface area contributed by atoms with E-state index in [1.165, 1.54) is 0 Å². The van der Waals surface area contributed by atoms with Crippen molar-refractivity contribution in [1.29, 1.82) is 0 Å². The summed E-state index contributed by atoms with van der Waals surface area (Å²) in [5, 5.41) is 9.44. The second-order valence-corrected chi connectivity index (χ2v) is 5.05. The van der Waals surface area contributed by atoms with E-state index in [1.54, 1.807) is 12.5 Å². The van der Waals surface area contributed by atoms with Gasteiger partial charge in [-0.1, -0.05) is 0 Å². The summed E-state index contributed by atoms with van der Waals surface area (Å²) in [6, 6.07) is 1.89. The highest BCUT2D eigenvalue weighted by molar-refractivity contribution is 5.75. The van der Waals surface area contributed by atoms with E-state index in [-0.39, 0.29) is 0 Å². The summed E-state index contributed by atoms with van der Waals surface area (Å²) in [7, 11) is 1.92. The first-order valence-corrected chi connectivity index (χ1v) is 6.13. The summed E-state index contributed by atoms with van der Waals surface area (Å²) in [6.45, 7) is 2.15. The molecule has 100 valence electrons. The van der Waals surface area contributed by atoms with Crippen LogP contribution in [-0.2, 0) is 16.1 Å². The quantitative estimate of drug-likeness (QED) is 0.863. The van der Waals surface area contributed by atoms with Gasteiger partial charge in [-0.05, 0) is 26.0 Å². The minimum atomic E-state index is -0.767. The van der Waals surface area contributed by atoms with Gasteiger partial charge in [-0.2, -0.15) is 0 Å². The molecule has 1 aromatic heterocycles. The molecule has 1 atom stereocenters.